The Hall–Kier alpha value is -1.72. The second-order valence-corrected chi connectivity index (χ2v) is 5.56. The highest BCUT2D eigenvalue weighted by Gasteiger charge is 2.32. The zero-order valence-electron chi connectivity index (χ0n) is 13.3. The summed E-state index contributed by atoms with van der Waals surface area (Å²) < 4.78 is 0. The molecule has 0 spiro atoms. The molecule has 1 fully saturated rings. The van der Waals surface area contributed by atoms with Crippen LogP contribution in [0, 0.1) is 0 Å². The van der Waals surface area contributed by atoms with Gasteiger partial charge in [-0.3, -0.25) is 14.4 Å². The molecule has 0 aliphatic carbocycles. The second-order valence-electron chi connectivity index (χ2n) is 5.56. The molecule has 1 rings (SSSR count). The number of ketones is 1. The van der Waals surface area contributed by atoms with Gasteiger partial charge in [-0.25, -0.2) is 4.79 Å². The molecular weight excluding hydrogens is 286 g/mol. The van der Waals surface area contributed by atoms with Crippen molar-refractivity contribution in [3.63, 3.8) is 0 Å². The number of nitrogens with zero attached hydrogens (tertiary/aromatic N) is 1. The van der Waals surface area contributed by atoms with Crippen molar-refractivity contribution in [3.8, 4) is 0 Å². The summed E-state index contributed by atoms with van der Waals surface area (Å²) >= 11 is 0. The molecule has 124 valence electrons. The highest BCUT2D eigenvalue weighted by atomic mass is 16.7. The number of hydrogen-bond donors (Lipinski definition) is 0. The van der Waals surface area contributed by atoms with Crippen molar-refractivity contribution in [2.75, 3.05) is 0 Å². The smallest absolute Gasteiger partial charge is 0.330 e. The van der Waals surface area contributed by atoms with Crippen LogP contribution in [-0.4, -0.2) is 28.6 Å². The van der Waals surface area contributed by atoms with E-state index in [0.717, 1.165) is 32.1 Å². The van der Waals surface area contributed by atoms with Crippen LogP contribution in [0.4, 0.5) is 0 Å². The molecule has 6 nitrogen and oxygen atoms in total. The van der Waals surface area contributed by atoms with Crippen molar-refractivity contribution in [1.29, 1.82) is 0 Å². The number of unbranched alkanes of at least 4 members (excludes halogenated alkanes) is 5. The third kappa shape index (κ3) is 6.83. The number of hydrogen-bond acceptors (Lipinski definition) is 5. The van der Waals surface area contributed by atoms with Crippen LogP contribution >= 0.6 is 0 Å². The number of carbonyl (C=O) groups is 4. The number of imide groups is 1. The predicted molar refractivity (Wildman–Crippen MR) is 79.4 cm³/mol. The molecule has 6 heteroatoms. The maximum atomic E-state index is 11.5. The van der Waals surface area contributed by atoms with E-state index in [1.807, 2.05) is 6.92 Å². The fourth-order valence-corrected chi connectivity index (χ4v) is 2.28. The highest BCUT2D eigenvalue weighted by Crippen LogP contribution is 2.14. The van der Waals surface area contributed by atoms with E-state index in [1.165, 1.54) is 0 Å². The van der Waals surface area contributed by atoms with Crippen molar-refractivity contribution in [3.05, 3.63) is 0 Å². The van der Waals surface area contributed by atoms with E-state index in [-0.39, 0.29) is 19.3 Å². The Morgan fingerprint density at radius 2 is 1.41 bits per heavy atom. The quantitative estimate of drug-likeness (QED) is 0.433. The van der Waals surface area contributed by atoms with Gasteiger partial charge in [-0.1, -0.05) is 32.6 Å². The molecule has 22 heavy (non-hydrogen) atoms. The van der Waals surface area contributed by atoms with E-state index in [2.05, 4.69) is 0 Å². The zero-order chi connectivity index (χ0) is 16.4. The molecule has 2 amide bonds. The standard InChI is InChI=1S/C16H25NO5/c1-2-13(18)9-7-5-3-4-6-8-10-16(21)22-17-14(19)11-12-15(17)20/h2-12H2,1H3. The molecule has 0 N–H and O–H groups in total. The van der Waals surface area contributed by atoms with Crippen molar-refractivity contribution in [2.45, 2.75) is 77.6 Å². The molecule has 0 saturated carbocycles. The van der Waals surface area contributed by atoms with Crippen LogP contribution in [-0.2, 0) is 24.0 Å². The van der Waals surface area contributed by atoms with Gasteiger partial charge in [0.25, 0.3) is 11.8 Å². The minimum absolute atomic E-state index is 0.118. The van der Waals surface area contributed by atoms with Crippen LogP contribution in [0.5, 0.6) is 0 Å². The van der Waals surface area contributed by atoms with Crippen LogP contribution in [0.2, 0.25) is 0 Å². The summed E-state index contributed by atoms with van der Waals surface area (Å²) in [5.74, 6) is -1.11. The molecule has 0 radical (unpaired) electrons. The molecule has 1 saturated heterocycles. The Labute approximate surface area is 131 Å². The van der Waals surface area contributed by atoms with Crippen LogP contribution in [0.3, 0.4) is 0 Å². The maximum Gasteiger partial charge on any atom is 0.333 e. The first-order valence-electron chi connectivity index (χ1n) is 8.13. The minimum Gasteiger partial charge on any atom is -0.330 e. The Morgan fingerprint density at radius 3 is 1.95 bits per heavy atom. The monoisotopic (exact) mass is 311 g/mol. The first kappa shape index (κ1) is 18.3. The van der Waals surface area contributed by atoms with Crippen molar-refractivity contribution >= 4 is 23.6 Å². The molecule has 1 aliphatic heterocycles. The van der Waals surface area contributed by atoms with E-state index in [9.17, 15) is 19.2 Å². The average molecular weight is 311 g/mol. The Bertz CT molecular complexity index is 403. The lowest BCUT2D eigenvalue weighted by Gasteiger charge is -2.12. The van der Waals surface area contributed by atoms with Gasteiger partial charge in [0.15, 0.2) is 0 Å². The normalized spacial score (nSPS) is 14.5. The molecule has 0 unspecified atom stereocenters. The van der Waals surface area contributed by atoms with Crippen molar-refractivity contribution in [2.24, 2.45) is 0 Å². The first-order chi connectivity index (χ1) is 10.5. The van der Waals surface area contributed by atoms with E-state index in [0.29, 0.717) is 30.1 Å². The van der Waals surface area contributed by atoms with E-state index < -0.39 is 17.8 Å². The van der Waals surface area contributed by atoms with Gasteiger partial charge in [-0.2, -0.15) is 0 Å². The van der Waals surface area contributed by atoms with Crippen molar-refractivity contribution in [1.82, 2.24) is 5.06 Å². The highest BCUT2D eigenvalue weighted by molar-refractivity contribution is 6.01. The SMILES string of the molecule is CCC(=O)CCCCCCCCC(=O)ON1C(=O)CCC1=O. The summed E-state index contributed by atoms with van der Waals surface area (Å²) in [6.07, 6.45) is 7.35. The molecule has 1 aliphatic rings. The third-order valence-corrected chi connectivity index (χ3v) is 3.68. The summed E-state index contributed by atoms with van der Waals surface area (Å²) in [5, 5.41) is 0.590. The lowest BCUT2D eigenvalue weighted by molar-refractivity contribution is -0.197. The van der Waals surface area contributed by atoms with Crippen molar-refractivity contribution < 1.29 is 24.0 Å². The van der Waals surface area contributed by atoms with E-state index in [1.54, 1.807) is 0 Å². The molecule has 0 aromatic rings. The van der Waals surface area contributed by atoms with Gasteiger partial charge >= 0.3 is 5.97 Å². The lowest BCUT2D eigenvalue weighted by Crippen LogP contribution is -2.31. The maximum absolute atomic E-state index is 11.5. The van der Waals surface area contributed by atoms with Gasteiger partial charge < -0.3 is 4.84 Å². The Kier molecular flexibility index (Phi) is 8.40. The van der Waals surface area contributed by atoms with Gasteiger partial charge in [-0.05, 0) is 12.8 Å². The summed E-state index contributed by atoms with van der Waals surface area (Å²) in [5.41, 5.74) is 0. The van der Waals surface area contributed by atoms with Gasteiger partial charge in [0.2, 0.25) is 0 Å². The summed E-state index contributed by atoms with van der Waals surface area (Å²) in [4.78, 5) is 50.0. The lowest BCUT2D eigenvalue weighted by atomic mass is 10.1. The van der Waals surface area contributed by atoms with Crippen LogP contribution < -0.4 is 0 Å². The van der Waals surface area contributed by atoms with Crippen LogP contribution in [0.15, 0.2) is 0 Å². The van der Waals surface area contributed by atoms with E-state index in [4.69, 9.17) is 4.84 Å². The Morgan fingerprint density at radius 1 is 0.909 bits per heavy atom. The molecule has 0 aromatic carbocycles. The third-order valence-electron chi connectivity index (χ3n) is 3.68. The van der Waals surface area contributed by atoms with Crippen LogP contribution in [0.1, 0.15) is 77.6 Å². The number of carbonyl (C=O) groups excluding carboxylic acids is 4. The first-order valence-corrected chi connectivity index (χ1v) is 8.13. The van der Waals surface area contributed by atoms with E-state index >= 15 is 0 Å². The summed E-state index contributed by atoms with van der Waals surface area (Å²) in [6.45, 7) is 1.88. The fraction of sp³-hybridized carbons (Fsp3) is 0.750. The van der Waals surface area contributed by atoms with Gasteiger partial charge in [0, 0.05) is 32.1 Å². The number of hydroxylamine groups is 2. The number of amides is 2. The van der Waals surface area contributed by atoms with Gasteiger partial charge in [-0.15, -0.1) is 5.06 Å². The molecule has 0 bridgehead atoms. The average Bonchev–Trinajstić information content (AvgIpc) is 2.81. The molecular formula is C16H25NO5. The predicted octanol–water partition coefficient (Wildman–Crippen LogP) is 2.69. The molecule has 0 atom stereocenters. The Balaban J connectivity index is 1.98. The minimum atomic E-state index is -0.530. The zero-order valence-corrected chi connectivity index (χ0v) is 13.3. The second kappa shape index (κ2) is 10.1. The topological polar surface area (TPSA) is 80.8 Å². The summed E-state index contributed by atoms with van der Waals surface area (Å²) in [7, 11) is 0. The van der Waals surface area contributed by atoms with Gasteiger partial charge in [0.05, 0.1) is 0 Å². The number of rotatable bonds is 11. The number of Topliss-reactive ketones (excluding diaryl/α,β-unsaturated/α-hetero) is 1. The molecule has 1 heterocycles. The largest absolute Gasteiger partial charge is 0.333 e. The fourth-order valence-electron chi connectivity index (χ4n) is 2.28. The van der Waals surface area contributed by atoms with Crippen LogP contribution in [0.25, 0.3) is 0 Å². The summed E-state index contributed by atoms with van der Waals surface area (Å²) in [6, 6.07) is 0. The van der Waals surface area contributed by atoms with Gasteiger partial charge in [0.1, 0.15) is 5.78 Å². The molecule has 0 aromatic heterocycles.